The third-order valence-corrected chi connectivity index (χ3v) is 4.36. The lowest BCUT2D eigenvalue weighted by atomic mass is 10.2. The van der Waals surface area contributed by atoms with Gasteiger partial charge in [0.1, 0.15) is 6.07 Å². The van der Waals surface area contributed by atoms with Gasteiger partial charge in [-0.15, -0.1) is 11.3 Å². The van der Waals surface area contributed by atoms with Crippen LogP contribution < -0.4 is 0 Å². The topological polar surface area (TPSA) is 74.0 Å². The molecule has 2 aromatic rings. The van der Waals surface area contributed by atoms with Crippen molar-refractivity contribution in [2.24, 2.45) is 0 Å². The molecule has 6 heteroatoms. The highest BCUT2D eigenvalue weighted by Gasteiger charge is 2.10. The molecule has 19 heavy (non-hydrogen) atoms. The van der Waals surface area contributed by atoms with Crippen LogP contribution in [0, 0.1) is 18.3 Å². The maximum absolute atomic E-state index is 10.6. The molecule has 0 atom stereocenters. The van der Waals surface area contributed by atoms with Gasteiger partial charge in [-0.2, -0.15) is 5.26 Å². The van der Waals surface area contributed by atoms with Crippen molar-refractivity contribution in [2.75, 3.05) is 0 Å². The summed E-state index contributed by atoms with van der Waals surface area (Å²) in [6, 6.07) is 7.75. The van der Waals surface area contributed by atoms with E-state index in [0.29, 0.717) is 11.3 Å². The number of aliphatic carboxylic acids is 1. The molecule has 1 N–H and O–H groups in total. The molecule has 0 unspecified atom stereocenters. The molecule has 0 aliphatic rings. The van der Waals surface area contributed by atoms with Crippen LogP contribution in [0.3, 0.4) is 0 Å². The van der Waals surface area contributed by atoms with Crippen LogP contribution in [0.4, 0.5) is 0 Å². The highest BCUT2D eigenvalue weighted by Crippen LogP contribution is 2.33. The smallest absolute Gasteiger partial charge is 0.309 e. The predicted octanol–water partition coefficient (Wildman–Crippen LogP) is 3.10. The molecule has 0 aliphatic carbocycles. The summed E-state index contributed by atoms with van der Waals surface area (Å²) in [5.41, 5.74) is 2.22. The molecule has 4 nitrogen and oxygen atoms in total. The molecule has 2 rings (SSSR count). The third kappa shape index (κ3) is 3.56. The molecular formula is C13H10N2O2S2. The van der Waals surface area contributed by atoms with Crippen molar-refractivity contribution in [1.29, 1.82) is 5.26 Å². The van der Waals surface area contributed by atoms with Crippen molar-refractivity contribution in [3.8, 4) is 6.07 Å². The largest absolute Gasteiger partial charge is 0.481 e. The average Bonchev–Trinajstić information content (AvgIpc) is 2.76. The molecule has 0 saturated heterocycles. The first kappa shape index (κ1) is 13.6. The van der Waals surface area contributed by atoms with Crippen molar-refractivity contribution in [3.63, 3.8) is 0 Å². The summed E-state index contributed by atoms with van der Waals surface area (Å²) in [7, 11) is 0. The monoisotopic (exact) mass is 290 g/mol. The average molecular weight is 290 g/mol. The number of aromatic nitrogens is 1. The van der Waals surface area contributed by atoms with Gasteiger partial charge in [0.25, 0.3) is 0 Å². The molecular weight excluding hydrogens is 280 g/mol. The minimum Gasteiger partial charge on any atom is -0.481 e. The second-order valence-corrected chi connectivity index (χ2v) is 6.04. The van der Waals surface area contributed by atoms with E-state index in [0.717, 1.165) is 14.8 Å². The van der Waals surface area contributed by atoms with Gasteiger partial charge in [-0.1, -0.05) is 17.8 Å². The number of hydrogen-bond acceptors (Lipinski definition) is 5. The first-order valence-electron chi connectivity index (χ1n) is 5.43. The molecule has 0 amide bonds. The number of carboxylic acid groups (broad SMARTS) is 1. The van der Waals surface area contributed by atoms with E-state index < -0.39 is 5.97 Å². The van der Waals surface area contributed by atoms with Gasteiger partial charge in [-0.05, 0) is 24.6 Å². The molecule has 0 bridgehead atoms. The van der Waals surface area contributed by atoms with Crippen LogP contribution in [0.25, 0.3) is 0 Å². The van der Waals surface area contributed by atoms with E-state index in [-0.39, 0.29) is 6.42 Å². The number of aryl methyl sites for hydroxylation is 1. The van der Waals surface area contributed by atoms with Gasteiger partial charge < -0.3 is 5.11 Å². The Morgan fingerprint density at radius 1 is 1.58 bits per heavy atom. The van der Waals surface area contributed by atoms with Crippen LogP contribution in [0.5, 0.6) is 0 Å². The highest BCUT2D eigenvalue weighted by molar-refractivity contribution is 8.01. The fraction of sp³-hybridized carbons (Fsp3) is 0.154. The summed E-state index contributed by atoms with van der Waals surface area (Å²) in [6.07, 6.45) is -0.0734. The van der Waals surface area contributed by atoms with Gasteiger partial charge >= 0.3 is 5.97 Å². The van der Waals surface area contributed by atoms with E-state index in [1.807, 2.05) is 19.1 Å². The van der Waals surface area contributed by atoms with Crippen LogP contribution in [-0.2, 0) is 11.2 Å². The van der Waals surface area contributed by atoms with Gasteiger partial charge in [-0.3, -0.25) is 4.79 Å². The Balaban J connectivity index is 2.21. The van der Waals surface area contributed by atoms with Gasteiger partial charge in [0.15, 0.2) is 4.34 Å². The second kappa shape index (κ2) is 5.87. The first-order valence-corrected chi connectivity index (χ1v) is 7.13. The van der Waals surface area contributed by atoms with E-state index in [1.54, 1.807) is 11.4 Å². The molecule has 1 aromatic heterocycles. The number of nitriles is 1. The van der Waals surface area contributed by atoms with Crippen molar-refractivity contribution in [2.45, 2.75) is 22.6 Å². The Morgan fingerprint density at radius 2 is 2.37 bits per heavy atom. The number of carboxylic acids is 1. The summed E-state index contributed by atoms with van der Waals surface area (Å²) < 4.78 is 0.748. The normalized spacial score (nSPS) is 10.1. The maximum atomic E-state index is 10.6. The second-order valence-electron chi connectivity index (χ2n) is 3.89. The summed E-state index contributed by atoms with van der Waals surface area (Å²) in [5.74, 6) is -0.893. The summed E-state index contributed by atoms with van der Waals surface area (Å²) in [5, 5.41) is 19.5. The lowest BCUT2D eigenvalue weighted by Crippen LogP contribution is -1.99. The number of hydrogen-bond donors (Lipinski definition) is 1. The van der Waals surface area contributed by atoms with Gasteiger partial charge in [0.2, 0.25) is 0 Å². The molecule has 0 saturated carbocycles. The summed E-state index contributed by atoms with van der Waals surface area (Å²) >= 11 is 2.78. The Bertz CT molecular complexity index is 659. The lowest BCUT2D eigenvalue weighted by molar-refractivity contribution is -0.136. The fourth-order valence-electron chi connectivity index (χ4n) is 1.47. The quantitative estimate of drug-likeness (QED) is 0.936. The molecule has 0 spiro atoms. The fourth-order valence-corrected chi connectivity index (χ4v) is 3.44. The van der Waals surface area contributed by atoms with Crippen LogP contribution in [0.1, 0.15) is 16.8 Å². The molecule has 0 fully saturated rings. The summed E-state index contributed by atoms with van der Waals surface area (Å²) in [4.78, 5) is 15.7. The number of benzene rings is 1. The zero-order valence-electron chi connectivity index (χ0n) is 10.1. The number of thiazole rings is 1. The van der Waals surface area contributed by atoms with E-state index in [4.69, 9.17) is 10.4 Å². The zero-order chi connectivity index (χ0) is 13.8. The van der Waals surface area contributed by atoms with Crippen LogP contribution in [0.15, 0.2) is 32.8 Å². The molecule has 0 aliphatic heterocycles. The van der Waals surface area contributed by atoms with Crippen molar-refractivity contribution in [1.82, 2.24) is 4.98 Å². The number of rotatable bonds is 4. The van der Waals surface area contributed by atoms with E-state index in [1.165, 1.54) is 23.1 Å². The van der Waals surface area contributed by atoms with Crippen LogP contribution >= 0.6 is 23.1 Å². The standard InChI is InChI=1S/C13H10N2O2S2/c1-8-2-3-9(6-14)11(4-8)19-13-15-10(7-18-13)5-12(16)17/h2-4,7H,5H2,1H3,(H,16,17). The predicted molar refractivity (Wildman–Crippen MR) is 73.5 cm³/mol. The first-order chi connectivity index (χ1) is 9.08. The van der Waals surface area contributed by atoms with Gasteiger partial charge in [-0.25, -0.2) is 4.98 Å². The minimum atomic E-state index is -0.893. The Morgan fingerprint density at radius 3 is 3.05 bits per heavy atom. The Kier molecular flexibility index (Phi) is 4.20. The van der Waals surface area contributed by atoms with E-state index in [9.17, 15) is 4.79 Å². The van der Waals surface area contributed by atoms with Gasteiger partial charge in [0.05, 0.1) is 17.7 Å². The van der Waals surface area contributed by atoms with E-state index in [2.05, 4.69) is 11.1 Å². The SMILES string of the molecule is Cc1ccc(C#N)c(Sc2nc(CC(=O)O)cs2)c1. The van der Waals surface area contributed by atoms with Crippen molar-refractivity contribution < 1.29 is 9.90 Å². The van der Waals surface area contributed by atoms with Crippen molar-refractivity contribution in [3.05, 3.63) is 40.4 Å². The summed E-state index contributed by atoms with van der Waals surface area (Å²) in [6.45, 7) is 1.96. The molecule has 96 valence electrons. The third-order valence-electron chi connectivity index (χ3n) is 2.32. The van der Waals surface area contributed by atoms with Crippen LogP contribution in [0.2, 0.25) is 0 Å². The molecule has 1 aromatic carbocycles. The van der Waals surface area contributed by atoms with E-state index >= 15 is 0 Å². The van der Waals surface area contributed by atoms with Gasteiger partial charge in [0, 0.05) is 10.3 Å². The Hall–Kier alpha value is -1.84. The Labute approximate surface area is 118 Å². The lowest BCUT2D eigenvalue weighted by Gasteiger charge is -2.02. The zero-order valence-corrected chi connectivity index (χ0v) is 11.7. The maximum Gasteiger partial charge on any atom is 0.309 e. The number of carbonyl (C=O) groups is 1. The van der Waals surface area contributed by atoms with Crippen LogP contribution in [-0.4, -0.2) is 16.1 Å². The molecule has 1 heterocycles. The highest BCUT2D eigenvalue weighted by atomic mass is 32.2. The number of nitrogens with zero attached hydrogens (tertiary/aromatic N) is 2. The molecule has 0 radical (unpaired) electrons. The minimum absolute atomic E-state index is 0.0734. The van der Waals surface area contributed by atoms with Crippen molar-refractivity contribution >= 4 is 29.1 Å².